The van der Waals surface area contributed by atoms with E-state index < -0.39 is 4.75 Å². The SMILES string of the molecule is CCC(C)(C#N)SC(=S)N=C(C)C=C(C)N. The fourth-order valence-electron chi connectivity index (χ4n) is 0.895. The van der Waals surface area contributed by atoms with Crippen molar-refractivity contribution in [2.24, 2.45) is 10.7 Å². The number of nitrogens with zero attached hydrogens (tertiary/aromatic N) is 2. The maximum absolute atomic E-state index is 9.00. The van der Waals surface area contributed by atoms with Crippen molar-refractivity contribution in [2.75, 3.05) is 0 Å². The van der Waals surface area contributed by atoms with E-state index in [2.05, 4.69) is 11.1 Å². The minimum absolute atomic E-state index is 0.473. The number of aliphatic imine (C=N–C) groups is 1. The van der Waals surface area contributed by atoms with Crippen LogP contribution in [0.1, 0.15) is 34.1 Å². The molecule has 88 valence electrons. The summed E-state index contributed by atoms with van der Waals surface area (Å²) in [7, 11) is 0. The molecule has 1 atom stereocenters. The third kappa shape index (κ3) is 5.89. The highest BCUT2D eigenvalue weighted by molar-refractivity contribution is 8.24. The van der Waals surface area contributed by atoms with Gasteiger partial charge in [-0.1, -0.05) is 30.9 Å². The summed E-state index contributed by atoms with van der Waals surface area (Å²) in [6.45, 7) is 7.44. The van der Waals surface area contributed by atoms with Crippen LogP contribution in [0.3, 0.4) is 0 Å². The van der Waals surface area contributed by atoms with Crippen LogP contribution < -0.4 is 5.73 Å². The van der Waals surface area contributed by atoms with Gasteiger partial charge < -0.3 is 5.73 Å². The van der Waals surface area contributed by atoms with E-state index in [1.165, 1.54) is 11.8 Å². The molecule has 0 rings (SSSR count). The second kappa shape index (κ2) is 6.66. The molecule has 0 aliphatic rings. The fourth-order valence-corrected chi connectivity index (χ4v) is 2.36. The molecule has 16 heavy (non-hydrogen) atoms. The number of thiocarbonyl (C=S) groups is 1. The molecule has 0 fully saturated rings. The van der Waals surface area contributed by atoms with Crippen LogP contribution in [-0.2, 0) is 0 Å². The van der Waals surface area contributed by atoms with Gasteiger partial charge in [0.25, 0.3) is 0 Å². The average Bonchev–Trinajstić information content (AvgIpc) is 2.15. The summed E-state index contributed by atoms with van der Waals surface area (Å²) in [6, 6.07) is 2.24. The molecule has 0 aliphatic carbocycles. The van der Waals surface area contributed by atoms with E-state index in [1.54, 1.807) is 13.0 Å². The molecule has 0 aromatic carbocycles. The van der Waals surface area contributed by atoms with Crippen molar-refractivity contribution in [3.63, 3.8) is 0 Å². The Morgan fingerprint density at radius 2 is 2.19 bits per heavy atom. The lowest BCUT2D eigenvalue weighted by Crippen LogP contribution is -2.17. The number of hydrogen-bond acceptors (Lipinski definition) is 4. The van der Waals surface area contributed by atoms with Crippen molar-refractivity contribution in [1.82, 2.24) is 0 Å². The molecule has 0 aliphatic heterocycles. The predicted molar refractivity (Wildman–Crippen MR) is 75.6 cm³/mol. The molecule has 0 amide bonds. The lowest BCUT2D eigenvalue weighted by molar-refractivity contribution is 0.773. The topological polar surface area (TPSA) is 62.2 Å². The van der Waals surface area contributed by atoms with Crippen LogP contribution in [0, 0.1) is 11.3 Å². The van der Waals surface area contributed by atoms with E-state index in [-0.39, 0.29) is 0 Å². The van der Waals surface area contributed by atoms with Crippen molar-refractivity contribution in [1.29, 1.82) is 5.26 Å². The minimum Gasteiger partial charge on any atom is -0.402 e. The fraction of sp³-hybridized carbons (Fsp3) is 0.545. The summed E-state index contributed by atoms with van der Waals surface area (Å²) >= 11 is 6.43. The van der Waals surface area contributed by atoms with Gasteiger partial charge in [-0.05, 0) is 33.3 Å². The third-order valence-electron chi connectivity index (χ3n) is 1.93. The normalized spacial score (nSPS) is 16.4. The summed E-state index contributed by atoms with van der Waals surface area (Å²) in [5, 5.41) is 9.00. The van der Waals surface area contributed by atoms with Crippen molar-refractivity contribution < 1.29 is 0 Å². The highest BCUT2D eigenvalue weighted by Crippen LogP contribution is 2.29. The van der Waals surface area contributed by atoms with E-state index >= 15 is 0 Å². The number of nitriles is 1. The summed E-state index contributed by atoms with van der Waals surface area (Å²) in [4.78, 5) is 4.20. The predicted octanol–water partition coefficient (Wildman–Crippen LogP) is 3.02. The first-order valence-corrected chi connectivity index (χ1v) is 6.18. The average molecular weight is 255 g/mol. The maximum Gasteiger partial charge on any atom is 0.161 e. The van der Waals surface area contributed by atoms with Gasteiger partial charge in [0, 0.05) is 11.4 Å². The first-order valence-electron chi connectivity index (χ1n) is 4.96. The molecule has 0 radical (unpaired) electrons. The Morgan fingerprint density at radius 3 is 2.56 bits per heavy atom. The second-order valence-electron chi connectivity index (χ2n) is 3.71. The molecular formula is C11H17N3S2. The van der Waals surface area contributed by atoms with Crippen LogP contribution in [0.25, 0.3) is 0 Å². The van der Waals surface area contributed by atoms with Crippen LogP contribution in [0.2, 0.25) is 0 Å². The quantitative estimate of drug-likeness (QED) is 0.622. The van der Waals surface area contributed by atoms with E-state index in [0.29, 0.717) is 10.0 Å². The zero-order valence-corrected chi connectivity index (χ0v) is 11.7. The molecule has 2 N–H and O–H groups in total. The van der Waals surface area contributed by atoms with Crippen LogP contribution >= 0.6 is 24.0 Å². The summed E-state index contributed by atoms with van der Waals surface area (Å²) in [5.41, 5.74) is 6.97. The highest BCUT2D eigenvalue weighted by atomic mass is 32.2. The molecule has 0 bridgehead atoms. The number of nitrogens with two attached hydrogens (primary N) is 1. The Hall–Kier alpha value is -0.860. The van der Waals surface area contributed by atoms with Gasteiger partial charge in [-0.15, -0.1) is 0 Å². The largest absolute Gasteiger partial charge is 0.402 e. The summed E-state index contributed by atoms with van der Waals surface area (Å²) < 4.78 is -0.0246. The highest BCUT2D eigenvalue weighted by Gasteiger charge is 2.24. The van der Waals surface area contributed by atoms with E-state index in [0.717, 1.165) is 12.1 Å². The van der Waals surface area contributed by atoms with Gasteiger partial charge in [-0.2, -0.15) is 5.26 Å². The molecule has 5 heteroatoms. The molecule has 3 nitrogen and oxygen atoms in total. The Kier molecular flexibility index (Phi) is 6.31. The van der Waals surface area contributed by atoms with Crippen LogP contribution in [0.5, 0.6) is 0 Å². The second-order valence-corrected chi connectivity index (χ2v) is 5.84. The molecule has 0 saturated carbocycles. The van der Waals surface area contributed by atoms with Gasteiger partial charge in [0.05, 0.1) is 6.07 Å². The van der Waals surface area contributed by atoms with Gasteiger partial charge in [-0.25, -0.2) is 4.99 Å². The van der Waals surface area contributed by atoms with Gasteiger partial charge in [0.1, 0.15) is 4.75 Å². The third-order valence-corrected chi connectivity index (χ3v) is 3.37. The molecule has 0 heterocycles. The van der Waals surface area contributed by atoms with Crippen LogP contribution in [0.4, 0.5) is 0 Å². The van der Waals surface area contributed by atoms with Crippen molar-refractivity contribution in [3.8, 4) is 6.07 Å². The minimum atomic E-state index is -0.498. The molecule has 0 saturated heterocycles. The van der Waals surface area contributed by atoms with Gasteiger partial charge in [0.2, 0.25) is 0 Å². The lowest BCUT2D eigenvalue weighted by Gasteiger charge is -2.16. The Morgan fingerprint density at radius 1 is 1.62 bits per heavy atom. The van der Waals surface area contributed by atoms with Crippen LogP contribution in [0.15, 0.2) is 16.8 Å². The molecule has 0 aromatic heterocycles. The van der Waals surface area contributed by atoms with Crippen LogP contribution in [-0.4, -0.2) is 14.8 Å². The Labute approximate surface area is 107 Å². The monoisotopic (exact) mass is 255 g/mol. The first-order chi connectivity index (χ1) is 7.33. The number of thioether (sulfide) groups is 1. The maximum atomic E-state index is 9.00. The number of hydrogen-bond donors (Lipinski definition) is 1. The van der Waals surface area contributed by atoms with E-state index in [9.17, 15) is 0 Å². The molecule has 0 spiro atoms. The van der Waals surface area contributed by atoms with Gasteiger partial charge >= 0.3 is 0 Å². The van der Waals surface area contributed by atoms with E-state index in [4.69, 9.17) is 23.2 Å². The number of allylic oxidation sites excluding steroid dienone is 2. The van der Waals surface area contributed by atoms with Crippen molar-refractivity contribution >= 4 is 34.0 Å². The number of rotatable bonds is 3. The summed E-state index contributed by atoms with van der Waals surface area (Å²) in [5.74, 6) is 0. The lowest BCUT2D eigenvalue weighted by atomic mass is 10.1. The van der Waals surface area contributed by atoms with E-state index in [1.807, 2.05) is 20.8 Å². The zero-order valence-electron chi connectivity index (χ0n) is 10.1. The Bertz CT molecular complexity index is 362. The smallest absolute Gasteiger partial charge is 0.161 e. The first kappa shape index (κ1) is 15.1. The standard InChI is InChI=1S/C11H17N3S2/c1-5-11(4,7-12)16-10(15)14-9(3)6-8(2)13/h6H,5,13H2,1-4H3. The van der Waals surface area contributed by atoms with Gasteiger partial charge in [0.15, 0.2) is 4.32 Å². The molecular weight excluding hydrogens is 238 g/mol. The summed E-state index contributed by atoms with van der Waals surface area (Å²) in [6.07, 6.45) is 2.48. The Balaban J connectivity index is 4.63. The van der Waals surface area contributed by atoms with Crippen molar-refractivity contribution in [2.45, 2.75) is 38.9 Å². The van der Waals surface area contributed by atoms with Crippen molar-refractivity contribution in [3.05, 3.63) is 11.8 Å². The molecule has 1 unspecified atom stereocenters. The molecule has 0 aromatic rings. The van der Waals surface area contributed by atoms with Gasteiger partial charge in [-0.3, -0.25) is 0 Å². The zero-order chi connectivity index (χ0) is 12.8.